The maximum Gasteiger partial charge on any atom is 0.303 e. The Morgan fingerprint density at radius 2 is 2.00 bits per heavy atom. The molecule has 0 aliphatic carbocycles. The molecule has 0 spiro atoms. The van der Waals surface area contributed by atoms with E-state index in [0.29, 0.717) is 25.9 Å². The van der Waals surface area contributed by atoms with Gasteiger partial charge in [0.2, 0.25) is 5.91 Å². The normalized spacial score (nSPS) is 18.5. The Morgan fingerprint density at radius 3 is 2.67 bits per heavy atom. The molecule has 0 radical (unpaired) electrons. The predicted molar refractivity (Wildman–Crippen MR) is 76.3 cm³/mol. The van der Waals surface area contributed by atoms with Crippen LogP contribution in [0, 0.1) is 11.7 Å². The monoisotopic (exact) mass is 293 g/mol. The first-order valence-electron chi connectivity index (χ1n) is 7.28. The SMILES string of the molecule is O=C(O)CC1CCCN(C(=O)CCc2ccc(F)cc2)C1. The van der Waals surface area contributed by atoms with Crippen molar-refractivity contribution in [2.24, 2.45) is 5.92 Å². The lowest BCUT2D eigenvalue weighted by Crippen LogP contribution is -2.40. The van der Waals surface area contributed by atoms with Gasteiger partial charge in [-0.2, -0.15) is 0 Å². The first-order chi connectivity index (χ1) is 10.0. The zero-order valence-electron chi connectivity index (χ0n) is 11.9. The number of aryl methyl sites for hydroxylation is 1. The summed E-state index contributed by atoms with van der Waals surface area (Å²) in [6.45, 7) is 1.24. The number of aliphatic carboxylic acids is 1. The summed E-state index contributed by atoms with van der Waals surface area (Å²) in [6.07, 6.45) is 2.82. The second-order valence-corrected chi connectivity index (χ2v) is 5.57. The summed E-state index contributed by atoms with van der Waals surface area (Å²) in [5.74, 6) is -0.973. The van der Waals surface area contributed by atoms with Crippen LogP contribution in [0.1, 0.15) is 31.2 Å². The Kier molecular flexibility index (Phi) is 5.31. The Hall–Kier alpha value is -1.91. The van der Waals surface area contributed by atoms with Crippen molar-refractivity contribution in [3.8, 4) is 0 Å². The van der Waals surface area contributed by atoms with Gasteiger partial charge in [-0.25, -0.2) is 4.39 Å². The number of halogens is 1. The van der Waals surface area contributed by atoms with Gasteiger partial charge in [-0.15, -0.1) is 0 Å². The van der Waals surface area contributed by atoms with Gasteiger partial charge >= 0.3 is 5.97 Å². The maximum atomic E-state index is 12.8. The van der Waals surface area contributed by atoms with E-state index in [1.165, 1.54) is 12.1 Å². The van der Waals surface area contributed by atoms with Crippen LogP contribution in [-0.2, 0) is 16.0 Å². The molecule has 1 N–H and O–H groups in total. The van der Waals surface area contributed by atoms with Crippen molar-refractivity contribution in [2.75, 3.05) is 13.1 Å². The smallest absolute Gasteiger partial charge is 0.303 e. The highest BCUT2D eigenvalue weighted by Gasteiger charge is 2.24. The molecule has 1 heterocycles. The van der Waals surface area contributed by atoms with Gasteiger partial charge in [-0.05, 0) is 42.9 Å². The van der Waals surface area contributed by atoms with E-state index < -0.39 is 5.97 Å². The molecular formula is C16H20FNO3. The van der Waals surface area contributed by atoms with Gasteiger partial charge in [0.1, 0.15) is 5.82 Å². The minimum absolute atomic E-state index is 0.0504. The van der Waals surface area contributed by atoms with Crippen molar-refractivity contribution < 1.29 is 19.1 Å². The van der Waals surface area contributed by atoms with Crippen LogP contribution in [0.5, 0.6) is 0 Å². The number of rotatable bonds is 5. The number of benzene rings is 1. The minimum Gasteiger partial charge on any atom is -0.481 e. The highest BCUT2D eigenvalue weighted by molar-refractivity contribution is 5.76. The third-order valence-corrected chi connectivity index (χ3v) is 3.88. The first-order valence-corrected chi connectivity index (χ1v) is 7.28. The van der Waals surface area contributed by atoms with Crippen molar-refractivity contribution in [2.45, 2.75) is 32.1 Å². The van der Waals surface area contributed by atoms with Crippen LogP contribution >= 0.6 is 0 Å². The van der Waals surface area contributed by atoms with Crippen LogP contribution in [-0.4, -0.2) is 35.0 Å². The second kappa shape index (κ2) is 7.20. The van der Waals surface area contributed by atoms with Crippen LogP contribution in [0.2, 0.25) is 0 Å². The Bertz CT molecular complexity index is 501. The van der Waals surface area contributed by atoms with E-state index in [-0.39, 0.29) is 24.1 Å². The predicted octanol–water partition coefficient (Wildman–Crippen LogP) is 2.47. The Morgan fingerprint density at radius 1 is 1.29 bits per heavy atom. The summed E-state index contributed by atoms with van der Waals surface area (Å²) in [7, 11) is 0. The highest BCUT2D eigenvalue weighted by atomic mass is 19.1. The second-order valence-electron chi connectivity index (χ2n) is 5.57. The molecule has 1 aromatic rings. The number of carbonyl (C=O) groups is 2. The molecule has 0 saturated carbocycles. The van der Waals surface area contributed by atoms with Crippen molar-refractivity contribution >= 4 is 11.9 Å². The van der Waals surface area contributed by atoms with E-state index in [0.717, 1.165) is 18.4 Å². The average molecular weight is 293 g/mol. The van der Waals surface area contributed by atoms with Gasteiger partial charge in [0.05, 0.1) is 0 Å². The number of nitrogens with zero attached hydrogens (tertiary/aromatic N) is 1. The van der Waals surface area contributed by atoms with E-state index in [1.807, 2.05) is 0 Å². The summed E-state index contributed by atoms with van der Waals surface area (Å²) in [6, 6.07) is 6.16. The van der Waals surface area contributed by atoms with Crippen LogP contribution in [0.15, 0.2) is 24.3 Å². The van der Waals surface area contributed by atoms with Gasteiger partial charge in [-0.1, -0.05) is 12.1 Å². The number of likely N-dealkylation sites (tertiary alicyclic amines) is 1. The number of carboxylic acid groups (broad SMARTS) is 1. The molecule has 5 heteroatoms. The zero-order valence-corrected chi connectivity index (χ0v) is 11.9. The van der Waals surface area contributed by atoms with E-state index in [1.54, 1.807) is 17.0 Å². The minimum atomic E-state index is -0.805. The molecule has 1 atom stereocenters. The van der Waals surface area contributed by atoms with E-state index in [9.17, 15) is 14.0 Å². The molecule has 0 aromatic heterocycles. The molecule has 114 valence electrons. The molecule has 1 aliphatic heterocycles. The molecule has 1 unspecified atom stereocenters. The Balaban J connectivity index is 1.82. The van der Waals surface area contributed by atoms with Gasteiger partial charge in [0.15, 0.2) is 0 Å². The van der Waals surface area contributed by atoms with Crippen LogP contribution in [0.25, 0.3) is 0 Å². The van der Waals surface area contributed by atoms with Crippen LogP contribution in [0.3, 0.4) is 0 Å². The lowest BCUT2D eigenvalue weighted by Gasteiger charge is -2.32. The van der Waals surface area contributed by atoms with E-state index >= 15 is 0 Å². The number of amides is 1. The van der Waals surface area contributed by atoms with Crippen LogP contribution < -0.4 is 0 Å². The molecule has 21 heavy (non-hydrogen) atoms. The molecule has 4 nitrogen and oxygen atoms in total. The molecule has 1 saturated heterocycles. The molecule has 0 bridgehead atoms. The summed E-state index contributed by atoms with van der Waals surface area (Å²) >= 11 is 0. The van der Waals surface area contributed by atoms with Gasteiger partial charge in [-0.3, -0.25) is 9.59 Å². The fourth-order valence-electron chi connectivity index (χ4n) is 2.77. The number of piperidine rings is 1. The van der Waals surface area contributed by atoms with Gasteiger partial charge in [0.25, 0.3) is 0 Å². The molecule has 1 aromatic carbocycles. The lowest BCUT2D eigenvalue weighted by molar-refractivity contribution is -0.140. The van der Waals surface area contributed by atoms with Gasteiger partial charge < -0.3 is 10.0 Å². The van der Waals surface area contributed by atoms with Crippen molar-refractivity contribution in [3.05, 3.63) is 35.6 Å². The number of carboxylic acids is 1. The summed E-state index contributed by atoms with van der Waals surface area (Å²) in [4.78, 5) is 24.7. The zero-order chi connectivity index (χ0) is 15.2. The van der Waals surface area contributed by atoms with E-state index in [2.05, 4.69) is 0 Å². The largest absolute Gasteiger partial charge is 0.481 e. The van der Waals surface area contributed by atoms with E-state index in [4.69, 9.17) is 5.11 Å². The van der Waals surface area contributed by atoms with Gasteiger partial charge in [0, 0.05) is 25.9 Å². The van der Waals surface area contributed by atoms with Crippen molar-refractivity contribution in [1.82, 2.24) is 4.90 Å². The maximum absolute atomic E-state index is 12.8. The van der Waals surface area contributed by atoms with Crippen LogP contribution in [0.4, 0.5) is 4.39 Å². The summed E-state index contributed by atoms with van der Waals surface area (Å²) < 4.78 is 12.8. The quantitative estimate of drug-likeness (QED) is 0.907. The first kappa shape index (κ1) is 15.5. The van der Waals surface area contributed by atoms with Crippen molar-refractivity contribution in [1.29, 1.82) is 0 Å². The molecule has 1 aliphatic rings. The Labute approximate surface area is 123 Å². The fourth-order valence-corrected chi connectivity index (χ4v) is 2.77. The van der Waals surface area contributed by atoms with Crippen molar-refractivity contribution in [3.63, 3.8) is 0 Å². The highest BCUT2D eigenvalue weighted by Crippen LogP contribution is 2.20. The molecule has 1 amide bonds. The standard InChI is InChI=1S/C16H20FNO3/c17-14-6-3-12(4-7-14)5-8-15(19)18-9-1-2-13(11-18)10-16(20)21/h3-4,6-7,13H,1-2,5,8-11H2,(H,20,21). The number of hydrogen-bond acceptors (Lipinski definition) is 2. The molecule has 1 fully saturated rings. The topological polar surface area (TPSA) is 57.6 Å². The number of hydrogen-bond donors (Lipinski definition) is 1. The summed E-state index contributed by atoms with van der Waals surface area (Å²) in [5, 5.41) is 8.83. The molecule has 2 rings (SSSR count). The third-order valence-electron chi connectivity index (χ3n) is 3.88. The number of carbonyl (C=O) groups excluding carboxylic acids is 1. The third kappa shape index (κ3) is 4.85. The lowest BCUT2D eigenvalue weighted by atomic mass is 9.94. The fraction of sp³-hybridized carbons (Fsp3) is 0.500. The summed E-state index contributed by atoms with van der Waals surface area (Å²) in [5.41, 5.74) is 0.934. The molecular weight excluding hydrogens is 273 g/mol. The average Bonchev–Trinajstić information content (AvgIpc) is 2.46.